The molecule has 4 rings (SSSR count). The fraction of sp³-hybridized carbons (Fsp3) is 0.267. The minimum atomic E-state index is -0.0110. The van der Waals surface area contributed by atoms with Crippen molar-refractivity contribution in [3.8, 4) is 5.75 Å². The molecule has 2 aromatic heterocycles. The van der Waals surface area contributed by atoms with Gasteiger partial charge in [-0.1, -0.05) is 23.5 Å². The first kappa shape index (κ1) is 13.3. The average molecular weight is 314 g/mol. The number of aromatic nitrogens is 3. The summed E-state index contributed by atoms with van der Waals surface area (Å²) in [6.07, 6.45) is 0. The molecule has 0 aliphatic carbocycles. The van der Waals surface area contributed by atoms with Crippen LogP contribution in [0.3, 0.4) is 0 Å². The number of aryl methyl sites for hydroxylation is 2. The number of fused-ring (bicyclic) bond motifs is 2. The number of amides is 1. The topological polar surface area (TPSA) is 59.7 Å². The zero-order valence-corrected chi connectivity index (χ0v) is 13.1. The van der Waals surface area contributed by atoms with Crippen LogP contribution in [0, 0.1) is 13.8 Å². The van der Waals surface area contributed by atoms with Crippen molar-refractivity contribution in [1.29, 1.82) is 0 Å². The SMILES string of the molecule is Cc1nnc2sc(C(=O)N3CCOc4ccccc43)c(C)n12. The van der Waals surface area contributed by atoms with Crippen LogP contribution in [0.15, 0.2) is 24.3 Å². The third kappa shape index (κ3) is 1.82. The fourth-order valence-electron chi connectivity index (χ4n) is 2.76. The van der Waals surface area contributed by atoms with Gasteiger partial charge < -0.3 is 9.64 Å². The zero-order chi connectivity index (χ0) is 15.3. The van der Waals surface area contributed by atoms with Crippen LogP contribution in [-0.4, -0.2) is 33.7 Å². The van der Waals surface area contributed by atoms with Gasteiger partial charge in [0.1, 0.15) is 23.1 Å². The molecule has 0 saturated heterocycles. The average Bonchev–Trinajstić information content (AvgIpc) is 3.07. The van der Waals surface area contributed by atoms with Gasteiger partial charge in [0.2, 0.25) is 4.96 Å². The Kier molecular flexibility index (Phi) is 2.90. The smallest absolute Gasteiger partial charge is 0.270 e. The molecule has 3 heterocycles. The van der Waals surface area contributed by atoms with Crippen LogP contribution in [0.1, 0.15) is 21.2 Å². The van der Waals surface area contributed by atoms with Crippen molar-refractivity contribution < 1.29 is 9.53 Å². The number of carbonyl (C=O) groups is 1. The van der Waals surface area contributed by atoms with Crippen molar-refractivity contribution in [1.82, 2.24) is 14.6 Å². The summed E-state index contributed by atoms with van der Waals surface area (Å²) in [5.41, 5.74) is 1.70. The molecule has 22 heavy (non-hydrogen) atoms. The maximum atomic E-state index is 13.0. The maximum absolute atomic E-state index is 13.0. The largest absolute Gasteiger partial charge is 0.490 e. The summed E-state index contributed by atoms with van der Waals surface area (Å²) in [5.74, 6) is 1.53. The minimum absolute atomic E-state index is 0.0110. The molecule has 6 nitrogen and oxygen atoms in total. The number of hydrogen-bond acceptors (Lipinski definition) is 5. The molecular weight excluding hydrogens is 300 g/mol. The van der Waals surface area contributed by atoms with Crippen molar-refractivity contribution >= 4 is 27.9 Å². The van der Waals surface area contributed by atoms with Gasteiger partial charge in [0.05, 0.1) is 12.2 Å². The van der Waals surface area contributed by atoms with Gasteiger partial charge >= 0.3 is 0 Å². The van der Waals surface area contributed by atoms with Crippen LogP contribution in [0.2, 0.25) is 0 Å². The molecule has 3 aromatic rings. The highest BCUT2D eigenvalue weighted by Crippen LogP contribution is 2.33. The van der Waals surface area contributed by atoms with Crippen LogP contribution >= 0.6 is 11.3 Å². The van der Waals surface area contributed by atoms with E-state index in [9.17, 15) is 4.79 Å². The van der Waals surface area contributed by atoms with Crippen molar-refractivity contribution in [2.45, 2.75) is 13.8 Å². The fourth-order valence-corrected chi connectivity index (χ4v) is 3.82. The van der Waals surface area contributed by atoms with Crippen LogP contribution in [0.5, 0.6) is 5.75 Å². The summed E-state index contributed by atoms with van der Waals surface area (Å²) in [6.45, 7) is 4.87. The molecule has 0 unspecified atom stereocenters. The van der Waals surface area contributed by atoms with Gasteiger partial charge in [0.15, 0.2) is 0 Å². The van der Waals surface area contributed by atoms with Gasteiger partial charge in [-0.15, -0.1) is 10.2 Å². The lowest BCUT2D eigenvalue weighted by Gasteiger charge is -2.29. The second-order valence-corrected chi connectivity index (χ2v) is 6.13. The summed E-state index contributed by atoms with van der Waals surface area (Å²) in [5, 5.41) is 8.15. The number of carbonyl (C=O) groups excluding carboxylic acids is 1. The predicted molar refractivity (Wildman–Crippen MR) is 84.0 cm³/mol. The molecule has 0 spiro atoms. The molecule has 0 radical (unpaired) electrons. The number of rotatable bonds is 1. The van der Waals surface area contributed by atoms with Crippen molar-refractivity contribution in [2.24, 2.45) is 0 Å². The molecule has 0 atom stereocenters. The van der Waals surface area contributed by atoms with E-state index in [1.807, 2.05) is 42.5 Å². The number of nitrogens with zero attached hydrogens (tertiary/aromatic N) is 4. The molecule has 0 bridgehead atoms. The number of para-hydroxylation sites is 2. The third-order valence-electron chi connectivity index (χ3n) is 3.82. The van der Waals surface area contributed by atoms with E-state index in [4.69, 9.17) is 4.74 Å². The Labute approximate surface area is 131 Å². The summed E-state index contributed by atoms with van der Waals surface area (Å²) in [4.78, 5) is 16.2. The second-order valence-electron chi connectivity index (χ2n) is 5.15. The molecule has 0 N–H and O–H groups in total. The molecule has 1 aliphatic heterocycles. The Hall–Kier alpha value is -2.41. The van der Waals surface area contributed by atoms with E-state index in [1.165, 1.54) is 11.3 Å². The van der Waals surface area contributed by atoms with E-state index in [1.54, 1.807) is 4.90 Å². The van der Waals surface area contributed by atoms with Crippen LogP contribution in [-0.2, 0) is 0 Å². The van der Waals surface area contributed by atoms with Gasteiger partial charge in [-0.3, -0.25) is 9.20 Å². The minimum Gasteiger partial charge on any atom is -0.490 e. The first-order valence-corrected chi connectivity index (χ1v) is 7.83. The molecule has 112 valence electrons. The highest BCUT2D eigenvalue weighted by molar-refractivity contribution is 7.19. The van der Waals surface area contributed by atoms with E-state index in [0.29, 0.717) is 18.0 Å². The number of hydrogen-bond donors (Lipinski definition) is 0. The predicted octanol–water partition coefficient (Wildman–Crippen LogP) is 2.45. The highest BCUT2D eigenvalue weighted by Gasteiger charge is 2.28. The standard InChI is InChI=1S/C15H14N4O2S/c1-9-13(22-15-17-16-10(2)19(9)15)14(20)18-7-8-21-12-6-4-3-5-11(12)18/h3-6H,7-8H2,1-2H3. The van der Waals surface area contributed by atoms with Crippen LogP contribution in [0.25, 0.3) is 4.96 Å². The Morgan fingerprint density at radius 1 is 1.27 bits per heavy atom. The van der Waals surface area contributed by atoms with Crippen LogP contribution < -0.4 is 9.64 Å². The van der Waals surface area contributed by atoms with Gasteiger partial charge in [-0.25, -0.2) is 0 Å². The maximum Gasteiger partial charge on any atom is 0.270 e. The number of anilines is 1. The molecule has 0 saturated carbocycles. The second kappa shape index (κ2) is 4.81. The van der Waals surface area contributed by atoms with Crippen molar-refractivity contribution in [3.05, 3.63) is 40.7 Å². The van der Waals surface area contributed by atoms with E-state index in [2.05, 4.69) is 10.2 Å². The van der Waals surface area contributed by atoms with Gasteiger partial charge in [-0.05, 0) is 26.0 Å². The summed E-state index contributed by atoms with van der Waals surface area (Å²) in [7, 11) is 0. The third-order valence-corrected chi connectivity index (χ3v) is 4.94. The summed E-state index contributed by atoms with van der Waals surface area (Å²) >= 11 is 1.38. The van der Waals surface area contributed by atoms with Crippen molar-refractivity contribution in [2.75, 3.05) is 18.1 Å². The van der Waals surface area contributed by atoms with Gasteiger partial charge in [0.25, 0.3) is 5.91 Å². The molecule has 1 amide bonds. The van der Waals surface area contributed by atoms with E-state index < -0.39 is 0 Å². The number of thiazole rings is 1. The summed E-state index contributed by atoms with van der Waals surface area (Å²) < 4.78 is 7.54. The number of ether oxygens (including phenoxy) is 1. The first-order chi connectivity index (χ1) is 10.7. The van der Waals surface area contributed by atoms with Gasteiger partial charge in [0, 0.05) is 5.69 Å². The lowest BCUT2D eigenvalue weighted by Crippen LogP contribution is -2.37. The highest BCUT2D eigenvalue weighted by atomic mass is 32.1. The molecule has 1 aromatic carbocycles. The summed E-state index contributed by atoms with van der Waals surface area (Å²) in [6, 6.07) is 7.62. The molecule has 1 aliphatic rings. The van der Waals surface area contributed by atoms with E-state index in [0.717, 1.165) is 27.9 Å². The normalized spacial score (nSPS) is 14.0. The molecule has 7 heteroatoms. The quantitative estimate of drug-likeness (QED) is 0.692. The van der Waals surface area contributed by atoms with Crippen LogP contribution in [0.4, 0.5) is 5.69 Å². The Balaban J connectivity index is 1.80. The first-order valence-electron chi connectivity index (χ1n) is 7.01. The molecule has 0 fully saturated rings. The Morgan fingerprint density at radius 3 is 2.91 bits per heavy atom. The van der Waals surface area contributed by atoms with Gasteiger partial charge in [-0.2, -0.15) is 0 Å². The molecular formula is C15H14N4O2S. The van der Waals surface area contributed by atoms with E-state index in [-0.39, 0.29) is 5.91 Å². The zero-order valence-electron chi connectivity index (χ0n) is 12.2. The Morgan fingerprint density at radius 2 is 2.09 bits per heavy atom. The lowest BCUT2D eigenvalue weighted by molar-refractivity contribution is 0.0979. The Bertz CT molecular complexity index is 883. The lowest BCUT2D eigenvalue weighted by atomic mass is 10.2. The van der Waals surface area contributed by atoms with E-state index >= 15 is 0 Å². The monoisotopic (exact) mass is 314 g/mol. The number of benzene rings is 1. The van der Waals surface area contributed by atoms with Crippen molar-refractivity contribution in [3.63, 3.8) is 0 Å².